The highest BCUT2D eigenvalue weighted by Crippen LogP contribution is 2.40. The van der Waals surface area contributed by atoms with Gasteiger partial charge in [-0.1, -0.05) is 13.8 Å². The molecule has 0 atom stereocenters. The van der Waals surface area contributed by atoms with Crippen LogP contribution in [0, 0.1) is 5.92 Å². The summed E-state index contributed by atoms with van der Waals surface area (Å²) in [7, 11) is 0. The van der Waals surface area contributed by atoms with Crippen molar-refractivity contribution in [2.75, 3.05) is 19.8 Å². The molecule has 1 fully saturated rings. The van der Waals surface area contributed by atoms with Crippen molar-refractivity contribution >= 4 is 56.5 Å². The number of carbonyl (C=O) groups is 2. The number of nitrogens with zero attached hydrogens (tertiary/aromatic N) is 2. The van der Waals surface area contributed by atoms with Gasteiger partial charge in [0.05, 0.1) is 33.8 Å². The number of aliphatic imine (C=N–C) groups is 1. The molecule has 1 amide bonds. The summed E-state index contributed by atoms with van der Waals surface area (Å²) in [5.74, 6) is 0.490. The molecule has 0 unspecified atom stereocenters. The van der Waals surface area contributed by atoms with E-state index in [4.69, 9.17) is 14.6 Å². The molecule has 2 aromatic rings. The van der Waals surface area contributed by atoms with Gasteiger partial charge in [-0.15, -0.1) is 0 Å². The van der Waals surface area contributed by atoms with Crippen molar-refractivity contribution in [3.05, 3.63) is 56.9 Å². The van der Waals surface area contributed by atoms with Crippen LogP contribution < -0.4 is 9.47 Å². The highest BCUT2D eigenvalue weighted by Gasteiger charge is 2.32. The topological polar surface area (TPSA) is 88.4 Å². The van der Waals surface area contributed by atoms with Crippen molar-refractivity contribution in [2.45, 2.75) is 27.7 Å². The zero-order valence-electron chi connectivity index (χ0n) is 19.5. The zero-order chi connectivity index (χ0) is 24.8. The minimum absolute atomic E-state index is 0.136. The number of carbonyl (C=O) groups excluding carboxylic acids is 1. The summed E-state index contributed by atoms with van der Waals surface area (Å²) in [4.78, 5) is 30.8. The molecule has 3 rings (SSSR count). The maximum Gasteiger partial charge on any atom is 0.335 e. The highest BCUT2D eigenvalue weighted by atomic mass is 79.9. The predicted molar refractivity (Wildman–Crippen MR) is 139 cm³/mol. The van der Waals surface area contributed by atoms with E-state index in [0.717, 1.165) is 10.0 Å². The van der Waals surface area contributed by atoms with Crippen LogP contribution in [-0.4, -0.2) is 46.8 Å². The maximum absolute atomic E-state index is 13.0. The Kier molecular flexibility index (Phi) is 8.79. The Bertz CT molecular complexity index is 1130. The van der Waals surface area contributed by atoms with E-state index < -0.39 is 5.97 Å². The van der Waals surface area contributed by atoms with Gasteiger partial charge in [0.25, 0.3) is 5.91 Å². The molecule has 0 spiro atoms. The van der Waals surface area contributed by atoms with E-state index in [0.29, 0.717) is 52.9 Å². The second-order valence-electron chi connectivity index (χ2n) is 7.87. The van der Waals surface area contributed by atoms with Gasteiger partial charge < -0.3 is 14.6 Å². The smallest absolute Gasteiger partial charge is 0.335 e. The average molecular weight is 547 g/mol. The third-order valence-corrected chi connectivity index (χ3v) is 6.33. The number of likely N-dealkylation sites (N-methyl/N-ethyl adjacent to an activating group) is 1. The molecule has 1 heterocycles. The third-order valence-electron chi connectivity index (χ3n) is 4.73. The minimum Gasteiger partial charge on any atom is -0.490 e. The van der Waals surface area contributed by atoms with Crippen LogP contribution in [0.5, 0.6) is 11.5 Å². The number of amides is 1. The highest BCUT2D eigenvalue weighted by molar-refractivity contribution is 9.10. The van der Waals surface area contributed by atoms with Crippen molar-refractivity contribution in [1.82, 2.24) is 4.90 Å². The number of ether oxygens (including phenoxy) is 2. The molecule has 34 heavy (non-hydrogen) atoms. The fourth-order valence-corrected chi connectivity index (χ4v) is 4.77. The second kappa shape index (κ2) is 11.6. The van der Waals surface area contributed by atoms with Crippen molar-refractivity contribution in [2.24, 2.45) is 10.9 Å². The summed E-state index contributed by atoms with van der Waals surface area (Å²) in [6.07, 6.45) is 1.81. The van der Waals surface area contributed by atoms with Crippen LogP contribution in [0.25, 0.3) is 6.08 Å². The van der Waals surface area contributed by atoms with E-state index in [1.165, 1.54) is 23.9 Å². The molecule has 0 saturated carbocycles. The van der Waals surface area contributed by atoms with Gasteiger partial charge in [-0.3, -0.25) is 9.69 Å². The van der Waals surface area contributed by atoms with E-state index >= 15 is 0 Å². The van der Waals surface area contributed by atoms with Gasteiger partial charge >= 0.3 is 5.97 Å². The molecule has 1 aliphatic rings. The van der Waals surface area contributed by atoms with Gasteiger partial charge in [-0.25, -0.2) is 9.79 Å². The first-order chi connectivity index (χ1) is 16.2. The quantitative estimate of drug-likeness (QED) is 0.376. The Balaban J connectivity index is 1.91. The number of aromatic carboxylic acids is 1. The lowest BCUT2D eigenvalue weighted by atomic mass is 10.1. The van der Waals surface area contributed by atoms with Crippen molar-refractivity contribution in [3.63, 3.8) is 0 Å². The first-order valence-corrected chi connectivity index (χ1v) is 12.6. The molecule has 7 nitrogen and oxygen atoms in total. The van der Waals surface area contributed by atoms with Gasteiger partial charge in [-0.2, -0.15) is 0 Å². The van der Waals surface area contributed by atoms with Gasteiger partial charge in [0, 0.05) is 6.54 Å². The lowest BCUT2D eigenvalue weighted by molar-refractivity contribution is -0.122. The summed E-state index contributed by atoms with van der Waals surface area (Å²) in [6, 6.07) is 9.99. The van der Waals surface area contributed by atoms with Crippen LogP contribution >= 0.6 is 27.7 Å². The number of amidine groups is 1. The van der Waals surface area contributed by atoms with Crippen LogP contribution in [0.2, 0.25) is 0 Å². The Morgan fingerprint density at radius 2 is 1.91 bits per heavy atom. The normalized spacial score (nSPS) is 16.1. The Labute approximate surface area is 212 Å². The lowest BCUT2D eigenvalue weighted by Gasteiger charge is -2.16. The minimum atomic E-state index is -0.997. The Hall–Kier alpha value is -2.78. The van der Waals surface area contributed by atoms with Gasteiger partial charge in [0.15, 0.2) is 16.7 Å². The molecule has 1 aliphatic heterocycles. The van der Waals surface area contributed by atoms with E-state index in [2.05, 4.69) is 34.8 Å². The van der Waals surface area contributed by atoms with Crippen LogP contribution in [0.15, 0.2) is 50.8 Å². The fourth-order valence-electron chi connectivity index (χ4n) is 3.13. The van der Waals surface area contributed by atoms with Crippen LogP contribution in [0.1, 0.15) is 43.6 Å². The van der Waals surface area contributed by atoms with E-state index in [1.54, 1.807) is 17.0 Å². The zero-order valence-corrected chi connectivity index (χ0v) is 21.9. The number of thioether (sulfide) groups is 1. The molecule has 0 bridgehead atoms. The SMILES string of the molecule is CCOc1cc(/C=C2/SC(=Nc3ccc(C(=O)O)cc3)N(CC)C2=O)cc(Br)c1OCC(C)C. The number of halogens is 1. The summed E-state index contributed by atoms with van der Waals surface area (Å²) in [5, 5.41) is 9.62. The van der Waals surface area contributed by atoms with Crippen molar-refractivity contribution in [3.8, 4) is 11.5 Å². The van der Waals surface area contributed by atoms with Crippen LogP contribution in [0.4, 0.5) is 5.69 Å². The van der Waals surface area contributed by atoms with E-state index in [9.17, 15) is 9.59 Å². The molecule has 2 aromatic carbocycles. The molecule has 0 aliphatic carbocycles. The number of carboxylic acids is 1. The van der Waals surface area contributed by atoms with Gasteiger partial charge in [0.1, 0.15) is 0 Å². The standard InChI is InChI=1S/C25H27BrN2O5S/c1-5-28-23(29)21(34-25(28)27-18-9-7-17(8-10-18)24(30)31)13-16-11-19(26)22(33-14-15(3)4)20(12-16)32-6-2/h7-13,15H,5-6,14H2,1-4H3,(H,30,31)/b21-13+,27-25?. The first-order valence-electron chi connectivity index (χ1n) is 11.0. The molecule has 1 saturated heterocycles. The van der Waals surface area contributed by atoms with Crippen molar-refractivity contribution < 1.29 is 24.2 Å². The number of hydrogen-bond acceptors (Lipinski definition) is 6. The third kappa shape index (κ3) is 6.21. The number of rotatable bonds is 9. The molecular weight excluding hydrogens is 520 g/mol. The Morgan fingerprint density at radius 1 is 1.21 bits per heavy atom. The van der Waals surface area contributed by atoms with Gasteiger partial charge in [-0.05, 0) is 95.5 Å². The molecular formula is C25H27BrN2O5S. The maximum atomic E-state index is 13.0. The first kappa shape index (κ1) is 25.8. The molecule has 9 heteroatoms. The summed E-state index contributed by atoms with van der Waals surface area (Å²) >= 11 is 4.86. The summed E-state index contributed by atoms with van der Waals surface area (Å²) in [5.41, 5.74) is 1.56. The second-order valence-corrected chi connectivity index (χ2v) is 9.74. The number of benzene rings is 2. The average Bonchev–Trinajstić information content (AvgIpc) is 3.07. The van der Waals surface area contributed by atoms with Crippen LogP contribution in [0.3, 0.4) is 0 Å². The monoisotopic (exact) mass is 546 g/mol. The number of hydrogen-bond donors (Lipinski definition) is 1. The van der Waals surface area contributed by atoms with Crippen molar-refractivity contribution in [1.29, 1.82) is 0 Å². The van der Waals surface area contributed by atoms with E-state index in [-0.39, 0.29) is 11.5 Å². The largest absolute Gasteiger partial charge is 0.490 e. The van der Waals surface area contributed by atoms with E-state index in [1.807, 2.05) is 32.1 Å². The summed E-state index contributed by atoms with van der Waals surface area (Å²) < 4.78 is 12.5. The lowest BCUT2D eigenvalue weighted by Crippen LogP contribution is -2.28. The van der Waals surface area contributed by atoms with Crippen LogP contribution in [-0.2, 0) is 4.79 Å². The predicted octanol–water partition coefficient (Wildman–Crippen LogP) is 6.20. The molecule has 1 N–H and O–H groups in total. The Morgan fingerprint density at radius 3 is 2.50 bits per heavy atom. The fraction of sp³-hybridized carbons (Fsp3) is 0.320. The van der Waals surface area contributed by atoms with Gasteiger partial charge in [0.2, 0.25) is 0 Å². The number of carboxylic acid groups (broad SMARTS) is 1. The summed E-state index contributed by atoms with van der Waals surface area (Å²) in [6.45, 7) is 9.46. The molecule has 0 radical (unpaired) electrons. The molecule has 0 aromatic heterocycles. The molecule has 180 valence electrons.